The molecular weight excluding hydrogens is 266 g/mol. The first kappa shape index (κ1) is 14.8. The van der Waals surface area contributed by atoms with E-state index in [1.54, 1.807) is 17.0 Å². The monoisotopic (exact) mass is 285 g/mol. The highest BCUT2D eigenvalue weighted by atomic mass is 16.2. The predicted octanol–water partition coefficient (Wildman–Crippen LogP) is 2.01. The Morgan fingerprint density at radius 2 is 2.00 bits per heavy atom. The first-order valence-corrected chi connectivity index (χ1v) is 6.93. The minimum Gasteiger partial charge on any atom is -0.399 e. The Bertz CT molecular complexity index is 679. The molecule has 21 heavy (non-hydrogen) atoms. The third-order valence-electron chi connectivity index (χ3n) is 3.10. The molecule has 0 bridgehead atoms. The summed E-state index contributed by atoms with van der Waals surface area (Å²) in [6.45, 7) is 3.09. The van der Waals surface area contributed by atoms with Gasteiger partial charge in [-0.2, -0.15) is 0 Å². The van der Waals surface area contributed by atoms with Crippen LogP contribution in [0.5, 0.6) is 0 Å². The van der Waals surface area contributed by atoms with Crippen LogP contribution in [-0.2, 0) is 6.54 Å². The van der Waals surface area contributed by atoms with Crippen molar-refractivity contribution in [3.8, 4) is 0 Å². The molecule has 0 unspecified atom stereocenters. The summed E-state index contributed by atoms with van der Waals surface area (Å²) >= 11 is 0. The zero-order valence-corrected chi connectivity index (χ0v) is 12.0. The Morgan fingerprint density at radius 1 is 1.24 bits per heavy atom. The van der Waals surface area contributed by atoms with Crippen LogP contribution in [0.4, 0.5) is 5.69 Å². The van der Waals surface area contributed by atoms with Gasteiger partial charge in [-0.3, -0.25) is 9.59 Å². The number of nitrogens with zero attached hydrogens (tertiary/aromatic N) is 1. The molecule has 0 aliphatic carbocycles. The Kier molecular flexibility index (Phi) is 4.77. The van der Waals surface area contributed by atoms with E-state index in [2.05, 4.69) is 4.98 Å². The van der Waals surface area contributed by atoms with Gasteiger partial charge in [0, 0.05) is 24.8 Å². The average molecular weight is 285 g/mol. The van der Waals surface area contributed by atoms with Gasteiger partial charge in [0.1, 0.15) is 5.69 Å². The highest BCUT2D eigenvalue weighted by Crippen LogP contribution is 2.12. The van der Waals surface area contributed by atoms with Gasteiger partial charge < -0.3 is 15.6 Å². The van der Waals surface area contributed by atoms with Gasteiger partial charge in [-0.15, -0.1) is 0 Å². The molecule has 0 spiro atoms. The number of nitrogen functional groups attached to an aromatic ring is 1. The lowest BCUT2D eigenvalue weighted by Gasteiger charge is -2.22. The lowest BCUT2D eigenvalue weighted by molar-refractivity contribution is 0.0737. The molecule has 5 heteroatoms. The lowest BCUT2D eigenvalue weighted by atomic mass is 10.1. The maximum absolute atomic E-state index is 12.5. The molecule has 1 heterocycles. The van der Waals surface area contributed by atoms with Crippen molar-refractivity contribution in [3.63, 3.8) is 0 Å². The number of carbonyl (C=O) groups is 1. The van der Waals surface area contributed by atoms with Crippen LogP contribution in [0.15, 0.2) is 47.3 Å². The van der Waals surface area contributed by atoms with Crippen LogP contribution in [0.25, 0.3) is 0 Å². The molecule has 2 aromatic rings. The molecule has 0 saturated heterocycles. The molecule has 3 N–H and O–H groups in total. The smallest absolute Gasteiger partial charge is 0.270 e. The fourth-order valence-corrected chi connectivity index (χ4v) is 2.18. The topological polar surface area (TPSA) is 79.2 Å². The number of hydrogen-bond acceptors (Lipinski definition) is 3. The molecule has 110 valence electrons. The van der Waals surface area contributed by atoms with E-state index in [9.17, 15) is 9.59 Å². The van der Waals surface area contributed by atoms with Gasteiger partial charge in [0.2, 0.25) is 5.56 Å². The zero-order chi connectivity index (χ0) is 15.2. The van der Waals surface area contributed by atoms with Gasteiger partial charge in [-0.25, -0.2) is 0 Å². The van der Waals surface area contributed by atoms with Crippen LogP contribution in [0.3, 0.4) is 0 Å². The fourth-order valence-electron chi connectivity index (χ4n) is 2.18. The van der Waals surface area contributed by atoms with Crippen LogP contribution in [0, 0.1) is 0 Å². The Morgan fingerprint density at radius 3 is 2.67 bits per heavy atom. The quantitative estimate of drug-likeness (QED) is 0.825. The third kappa shape index (κ3) is 3.95. The van der Waals surface area contributed by atoms with E-state index in [-0.39, 0.29) is 11.5 Å². The van der Waals surface area contributed by atoms with Crippen molar-refractivity contribution < 1.29 is 4.79 Å². The van der Waals surface area contributed by atoms with Gasteiger partial charge in [0.15, 0.2) is 0 Å². The number of carbonyl (C=O) groups excluding carboxylic acids is 1. The fraction of sp³-hybridized carbons (Fsp3) is 0.250. The lowest BCUT2D eigenvalue weighted by Crippen LogP contribution is -2.32. The van der Waals surface area contributed by atoms with Crippen molar-refractivity contribution >= 4 is 11.6 Å². The van der Waals surface area contributed by atoms with Gasteiger partial charge >= 0.3 is 0 Å². The Labute approximate surface area is 123 Å². The molecule has 0 atom stereocenters. The summed E-state index contributed by atoms with van der Waals surface area (Å²) in [5, 5.41) is 0. The van der Waals surface area contributed by atoms with Crippen molar-refractivity contribution in [3.05, 3.63) is 64.1 Å². The second-order valence-electron chi connectivity index (χ2n) is 4.90. The maximum Gasteiger partial charge on any atom is 0.270 e. The SMILES string of the molecule is CCCN(Cc1cccc(N)c1)C(=O)c1cccc(=O)[nH]1. The highest BCUT2D eigenvalue weighted by molar-refractivity contribution is 5.92. The van der Waals surface area contributed by atoms with Crippen molar-refractivity contribution in [1.29, 1.82) is 0 Å². The second-order valence-corrected chi connectivity index (χ2v) is 4.90. The molecule has 5 nitrogen and oxygen atoms in total. The molecule has 1 aromatic carbocycles. The van der Waals surface area contributed by atoms with Gasteiger partial charge in [0.05, 0.1) is 0 Å². The molecule has 2 rings (SSSR count). The molecule has 0 aliphatic heterocycles. The van der Waals surface area contributed by atoms with Crippen molar-refractivity contribution in [2.75, 3.05) is 12.3 Å². The summed E-state index contributed by atoms with van der Waals surface area (Å²) in [6, 6.07) is 12.0. The summed E-state index contributed by atoms with van der Waals surface area (Å²) in [6.07, 6.45) is 0.838. The van der Waals surface area contributed by atoms with Gasteiger partial charge in [0.25, 0.3) is 5.91 Å². The number of H-pyrrole nitrogens is 1. The third-order valence-corrected chi connectivity index (χ3v) is 3.10. The predicted molar refractivity (Wildman–Crippen MR) is 82.9 cm³/mol. The van der Waals surface area contributed by atoms with E-state index >= 15 is 0 Å². The molecule has 0 aliphatic rings. The second kappa shape index (κ2) is 6.74. The van der Waals surface area contributed by atoms with E-state index in [1.165, 1.54) is 6.07 Å². The Hall–Kier alpha value is -2.56. The number of rotatable bonds is 5. The molecule has 1 aromatic heterocycles. The van der Waals surface area contributed by atoms with Crippen molar-refractivity contribution in [2.45, 2.75) is 19.9 Å². The number of pyridine rings is 1. The van der Waals surface area contributed by atoms with E-state index in [0.29, 0.717) is 24.5 Å². The van der Waals surface area contributed by atoms with Crippen LogP contribution in [0.2, 0.25) is 0 Å². The molecule has 0 fully saturated rings. The van der Waals surface area contributed by atoms with Crippen molar-refractivity contribution in [2.24, 2.45) is 0 Å². The molecule has 0 saturated carbocycles. The number of nitrogens with one attached hydrogen (secondary N) is 1. The standard InChI is InChI=1S/C16H19N3O2/c1-2-9-19(11-12-5-3-6-13(17)10-12)16(21)14-7-4-8-15(20)18-14/h3-8,10H,2,9,11,17H2,1H3,(H,18,20). The number of hydrogen-bond donors (Lipinski definition) is 2. The zero-order valence-electron chi connectivity index (χ0n) is 12.0. The van der Waals surface area contributed by atoms with E-state index in [1.807, 2.05) is 31.2 Å². The van der Waals surface area contributed by atoms with E-state index < -0.39 is 0 Å². The molecule has 1 amide bonds. The van der Waals surface area contributed by atoms with Gasteiger partial charge in [-0.05, 0) is 30.2 Å². The van der Waals surface area contributed by atoms with Crippen LogP contribution >= 0.6 is 0 Å². The number of anilines is 1. The first-order valence-electron chi connectivity index (χ1n) is 6.93. The van der Waals surface area contributed by atoms with E-state index in [4.69, 9.17) is 5.73 Å². The van der Waals surface area contributed by atoms with Gasteiger partial charge in [-0.1, -0.05) is 25.1 Å². The summed E-state index contributed by atoms with van der Waals surface area (Å²) in [4.78, 5) is 28.1. The van der Waals surface area contributed by atoms with Crippen LogP contribution in [-0.4, -0.2) is 22.3 Å². The molecule has 0 radical (unpaired) electrons. The van der Waals surface area contributed by atoms with Crippen molar-refractivity contribution in [1.82, 2.24) is 9.88 Å². The minimum absolute atomic E-state index is 0.183. The number of amides is 1. The normalized spacial score (nSPS) is 10.3. The summed E-state index contributed by atoms with van der Waals surface area (Å²) in [5.41, 5.74) is 7.43. The summed E-state index contributed by atoms with van der Waals surface area (Å²) in [7, 11) is 0. The summed E-state index contributed by atoms with van der Waals surface area (Å²) in [5.74, 6) is -0.183. The average Bonchev–Trinajstić information content (AvgIpc) is 2.46. The van der Waals surface area contributed by atoms with Crippen LogP contribution in [0.1, 0.15) is 29.4 Å². The number of aromatic amines is 1. The van der Waals surface area contributed by atoms with E-state index in [0.717, 1.165) is 12.0 Å². The number of nitrogens with two attached hydrogens (primary N) is 1. The minimum atomic E-state index is -0.277. The highest BCUT2D eigenvalue weighted by Gasteiger charge is 2.16. The maximum atomic E-state index is 12.5. The Balaban J connectivity index is 2.22. The number of aromatic nitrogens is 1. The molecular formula is C16H19N3O2. The number of benzene rings is 1. The summed E-state index contributed by atoms with van der Waals surface area (Å²) < 4.78 is 0. The largest absolute Gasteiger partial charge is 0.399 e. The van der Waals surface area contributed by atoms with Crippen LogP contribution < -0.4 is 11.3 Å². The first-order chi connectivity index (χ1) is 10.1.